The van der Waals surface area contributed by atoms with Crippen LogP contribution in [0.15, 0.2) is 59.5 Å². The van der Waals surface area contributed by atoms with E-state index in [1.165, 1.54) is 5.56 Å². The number of aryl methyl sites for hydroxylation is 2. The lowest BCUT2D eigenvalue weighted by Gasteiger charge is -2.08. The molecule has 0 bridgehead atoms. The fraction of sp³-hybridized carbons (Fsp3) is 0.125. The van der Waals surface area contributed by atoms with Gasteiger partial charge in [-0.3, -0.25) is 4.98 Å². The van der Waals surface area contributed by atoms with E-state index in [0.717, 1.165) is 34.0 Å². The minimum absolute atomic E-state index is 0.764. The maximum Gasteiger partial charge on any atom is 0.158 e. The minimum Gasteiger partial charge on any atom is -0.329 e. The molecule has 2 heterocycles. The van der Waals surface area contributed by atoms with Crippen molar-refractivity contribution in [1.29, 1.82) is 0 Å². The zero-order valence-electron chi connectivity index (χ0n) is 11.2. The quantitative estimate of drug-likeness (QED) is 0.679. The van der Waals surface area contributed by atoms with Crippen LogP contribution < -0.4 is 0 Å². The standard InChI is InChI=1S/C16H13BrClN3/c17-13-5-7-19-15(11-13)16-20-8-10-21(16)9-6-12-1-3-14(18)4-2-12/h1-5,7-8,10-11H,6,9H2. The largest absolute Gasteiger partial charge is 0.329 e. The average Bonchev–Trinajstić information content (AvgIpc) is 2.95. The van der Waals surface area contributed by atoms with Gasteiger partial charge in [0.25, 0.3) is 0 Å². The monoisotopic (exact) mass is 361 g/mol. The lowest BCUT2D eigenvalue weighted by Crippen LogP contribution is -2.03. The van der Waals surface area contributed by atoms with Gasteiger partial charge in [-0.05, 0) is 36.2 Å². The van der Waals surface area contributed by atoms with E-state index < -0.39 is 0 Å². The summed E-state index contributed by atoms with van der Waals surface area (Å²) in [6, 6.07) is 11.8. The molecule has 0 aliphatic rings. The fourth-order valence-electron chi connectivity index (χ4n) is 2.15. The number of nitrogens with zero attached hydrogens (tertiary/aromatic N) is 3. The van der Waals surface area contributed by atoms with E-state index in [-0.39, 0.29) is 0 Å². The topological polar surface area (TPSA) is 30.7 Å². The summed E-state index contributed by atoms with van der Waals surface area (Å²) in [6.07, 6.45) is 6.49. The van der Waals surface area contributed by atoms with Crippen molar-refractivity contribution in [2.24, 2.45) is 0 Å². The normalized spacial score (nSPS) is 10.8. The van der Waals surface area contributed by atoms with Crippen LogP contribution in [0.4, 0.5) is 0 Å². The molecule has 1 aromatic carbocycles. The zero-order chi connectivity index (χ0) is 14.7. The Morgan fingerprint density at radius 1 is 1.05 bits per heavy atom. The van der Waals surface area contributed by atoms with E-state index in [2.05, 4.69) is 42.6 Å². The lowest BCUT2D eigenvalue weighted by atomic mass is 10.1. The third-order valence-corrected chi connectivity index (χ3v) is 3.97. The number of aromatic nitrogens is 3. The molecule has 3 aromatic rings. The van der Waals surface area contributed by atoms with Gasteiger partial charge in [0, 0.05) is 34.6 Å². The van der Waals surface area contributed by atoms with Crippen molar-refractivity contribution in [1.82, 2.24) is 14.5 Å². The van der Waals surface area contributed by atoms with E-state index in [4.69, 9.17) is 11.6 Å². The highest BCUT2D eigenvalue weighted by molar-refractivity contribution is 9.10. The third kappa shape index (κ3) is 3.52. The van der Waals surface area contributed by atoms with Crippen molar-refractivity contribution in [3.63, 3.8) is 0 Å². The SMILES string of the molecule is Clc1ccc(CCn2ccnc2-c2cc(Br)ccn2)cc1. The Morgan fingerprint density at radius 2 is 1.86 bits per heavy atom. The molecule has 0 N–H and O–H groups in total. The Bertz CT molecular complexity index is 737. The molecule has 0 atom stereocenters. The summed E-state index contributed by atoms with van der Waals surface area (Å²) >= 11 is 9.37. The molecule has 2 aromatic heterocycles. The summed E-state index contributed by atoms with van der Waals surface area (Å²) < 4.78 is 3.11. The maximum atomic E-state index is 5.90. The van der Waals surface area contributed by atoms with Gasteiger partial charge >= 0.3 is 0 Å². The summed E-state index contributed by atoms with van der Waals surface area (Å²) in [5.41, 5.74) is 2.12. The Labute approximate surface area is 136 Å². The number of pyridine rings is 1. The molecule has 0 amide bonds. The van der Waals surface area contributed by atoms with E-state index in [0.29, 0.717) is 0 Å². The second-order valence-corrected chi connectivity index (χ2v) is 6.03. The van der Waals surface area contributed by atoms with E-state index in [1.807, 2.05) is 30.5 Å². The summed E-state index contributed by atoms with van der Waals surface area (Å²) in [5, 5.41) is 0.764. The molecule has 0 fully saturated rings. The zero-order valence-corrected chi connectivity index (χ0v) is 13.5. The molecule has 0 saturated heterocycles. The lowest BCUT2D eigenvalue weighted by molar-refractivity contribution is 0.701. The Balaban J connectivity index is 1.78. The van der Waals surface area contributed by atoms with Gasteiger partial charge in [-0.1, -0.05) is 39.7 Å². The number of benzene rings is 1. The van der Waals surface area contributed by atoms with Gasteiger partial charge < -0.3 is 4.57 Å². The van der Waals surface area contributed by atoms with Gasteiger partial charge in [0.1, 0.15) is 5.69 Å². The van der Waals surface area contributed by atoms with E-state index >= 15 is 0 Å². The van der Waals surface area contributed by atoms with Crippen LogP contribution >= 0.6 is 27.5 Å². The highest BCUT2D eigenvalue weighted by Crippen LogP contribution is 2.19. The molecule has 0 unspecified atom stereocenters. The molecule has 3 nitrogen and oxygen atoms in total. The van der Waals surface area contributed by atoms with Crippen LogP contribution in [0.2, 0.25) is 5.02 Å². The first-order valence-corrected chi connectivity index (χ1v) is 7.77. The third-order valence-electron chi connectivity index (χ3n) is 3.22. The fourth-order valence-corrected chi connectivity index (χ4v) is 2.61. The van der Waals surface area contributed by atoms with Gasteiger partial charge in [0.15, 0.2) is 5.82 Å². The van der Waals surface area contributed by atoms with Gasteiger partial charge in [-0.25, -0.2) is 4.98 Å². The molecule has 0 aliphatic carbocycles. The van der Waals surface area contributed by atoms with Gasteiger partial charge in [0.05, 0.1) is 0 Å². The summed E-state index contributed by atoms with van der Waals surface area (Å²) in [5.74, 6) is 0.880. The van der Waals surface area contributed by atoms with Crippen LogP contribution in [0.5, 0.6) is 0 Å². The number of hydrogen-bond donors (Lipinski definition) is 0. The van der Waals surface area contributed by atoms with E-state index in [9.17, 15) is 0 Å². The van der Waals surface area contributed by atoms with Crippen LogP contribution in [0.25, 0.3) is 11.5 Å². The van der Waals surface area contributed by atoms with Crippen molar-refractivity contribution < 1.29 is 0 Å². The number of rotatable bonds is 4. The van der Waals surface area contributed by atoms with Crippen molar-refractivity contribution >= 4 is 27.5 Å². The highest BCUT2D eigenvalue weighted by Gasteiger charge is 2.07. The predicted octanol–water partition coefficient (Wildman–Crippen LogP) is 4.60. The first-order chi connectivity index (χ1) is 10.2. The van der Waals surface area contributed by atoms with Crippen LogP contribution in [0.3, 0.4) is 0 Å². The molecule has 0 aliphatic heterocycles. The Morgan fingerprint density at radius 3 is 2.62 bits per heavy atom. The van der Waals surface area contributed by atoms with Crippen LogP contribution in [0, 0.1) is 0 Å². The van der Waals surface area contributed by atoms with Gasteiger partial charge in [-0.2, -0.15) is 0 Å². The highest BCUT2D eigenvalue weighted by atomic mass is 79.9. The first-order valence-electron chi connectivity index (χ1n) is 6.60. The number of hydrogen-bond acceptors (Lipinski definition) is 2. The Kier molecular flexibility index (Phi) is 4.36. The second kappa shape index (κ2) is 6.41. The average molecular weight is 363 g/mol. The van der Waals surface area contributed by atoms with Gasteiger partial charge in [-0.15, -0.1) is 0 Å². The molecular weight excluding hydrogens is 350 g/mol. The smallest absolute Gasteiger partial charge is 0.158 e. The molecule has 0 radical (unpaired) electrons. The first kappa shape index (κ1) is 14.3. The van der Waals surface area contributed by atoms with Crippen LogP contribution in [0.1, 0.15) is 5.56 Å². The van der Waals surface area contributed by atoms with Crippen LogP contribution in [-0.4, -0.2) is 14.5 Å². The van der Waals surface area contributed by atoms with Gasteiger partial charge in [0.2, 0.25) is 0 Å². The minimum atomic E-state index is 0.764. The summed E-state index contributed by atoms with van der Waals surface area (Å²) in [4.78, 5) is 8.79. The van der Waals surface area contributed by atoms with Crippen molar-refractivity contribution in [3.05, 3.63) is 70.0 Å². The molecule has 5 heteroatoms. The molecule has 0 saturated carbocycles. The summed E-state index contributed by atoms with van der Waals surface area (Å²) in [7, 11) is 0. The second-order valence-electron chi connectivity index (χ2n) is 4.68. The maximum absolute atomic E-state index is 5.90. The van der Waals surface area contributed by atoms with E-state index in [1.54, 1.807) is 12.4 Å². The molecule has 3 rings (SSSR count). The molecule has 106 valence electrons. The van der Waals surface area contributed by atoms with Crippen molar-refractivity contribution in [2.75, 3.05) is 0 Å². The molecular formula is C16H13BrClN3. The molecule has 0 spiro atoms. The number of halogens is 2. The van der Waals surface area contributed by atoms with Crippen molar-refractivity contribution in [3.8, 4) is 11.5 Å². The van der Waals surface area contributed by atoms with Crippen molar-refractivity contribution in [2.45, 2.75) is 13.0 Å². The van der Waals surface area contributed by atoms with Crippen LogP contribution in [-0.2, 0) is 13.0 Å². The molecule has 21 heavy (non-hydrogen) atoms. The number of imidazole rings is 1. The Hall–Kier alpha value is -1.65. The predicted molar refractivity (Wildman–Crippen MR) is 88.3 cm³/mol. The summed E-state index contributed by atoms with van der Waals surface area (Å²) in [6.45, 7) is 0.852.